The Labute approximate surface area is 96.4 Å². The Morgan fingerprint density at radius 2 is 1.73 bits per heavy atom. The molecule has 1 N–H and O–H groups in total. The Morgan fingerprint density at radius 3 is 2.20 bits per heavy atom. The molecule has 0 aliphatic rings. The largest absolute Gasteiger partial charge is 0.317 e. The lowest BCUT2D eigenvalue weighted by atomic mass is 9.80. The fraction of sp³-hybridized carbons (Fsp3) is 1.00. The van der Waals surface area contributed by atoms with Crippen LogP contribution in [0.5, 0.6) is 0 Å². The lowest BCUT2D eigenvalue weighted by molar-refractivity contribution is 0.244. The molecule has 0 rings (SSSR count). The molecule has 0 spiro atoms. The second-order valence-electron chi connectivity index (χ2n) is 5.96. The van der Waals surface area contributed by atoms with E-state index < -0.39 is 0 Å². The van der Waals surface area contributed by atoms with Crippen molar-refractivity contribution in [2.75, 3.05) is 33.7 Å². The van der Waals surface area contributed by atoms with E-state index in [1.54, 1.807) is 0 Å². The van der Waals surface area contributed by atoms with Crippen molar-refractivity contribution >= 4 is 0 Å². The zero-order valence-corrected chi connectivity index (χ0v) is 11.6. The minimum atomic E-state index is 0.450. The van der Waals surface area contributed by atoms with E-state index in [9.17, 15) is 0 Å². The molecule has 2 heteroatoms. The highest BCUT2D eigenvalue weighted by atomic mass is 15.0. The summed E-state index contributed by atoms with van der Waals surface area (Å²) in [5.74, 6) is 0.791. The minimum absolute atomic E-state index is 0.450. The molecule has 0 aliphatic heterocycles. The van der Waals surface area contributed by atoms with Crippen LogP contribution in [0.1, 0.15) is 40.5 Å². The zero-order valence-electron chi connectivity index (χ0n) is 11.6. The van der Waals surface area contributed by atoms with E-state index >= 15 is 0 Å². The van der Waals surface area contributed by atoms with Gasteiger partial charge in [-0.2, -0.15) is 0 Å². The first-order chi connectivity index (χ1) is 6.84. The van der Waals surface area contributed by atoms with Gasteiger partial charge in [-0.3, -0.25) is 0 Å². The molecule has 15 heavy (non-hydrogen) atoms. The molecule has 0 aromatic rings. The number of nitrogens with one attached hydrogen (secondary N) is 1. The standard InChI is InChI=1S/C13H30N2/c1-12(13(2,3)4)8-10-14-9-7-11-15(5)6/h12,14H,7-11H2,1-6H3. The van der Waals surface area contributed by atoms with E-state index in [1.807, 2.05) is 0 Å². The Bertz CT molecular complexity index is 147. The van der Waals surface area contributed by atoms with E-state index in [2.05, 4.69) is 52.0 Å². The normalized spacial score (nSPS) is 14.6. The lowest BCUT2D eigenvalue weighted by Crippen LogP contribution is -2.26. The third-order valence-corrected chi connectivity index (χ3v) is 3.19. The Balaban J connectivity index is 3.32. The predicted molar refractivity (Wildman–Crippen MR) is 69.3 cm³/mol. The summed E-state index contributed by atoms with van der Waals surface area (Å²) in [4.78, 5) is 2.24. The van der Waals surface area contributed by atoms with Crippen molar-refractivity contribution in [2.45, 2.75) is 40.5 Å². The third kappa shape index (κ3) is 8.88. The van der Waals surface area contributed by atoms with Gasteiger partial charge in [-0.05, 0) is 57.9 Å². The fourth-order valence-corrected chi connectivity index (χ4v) is 1.40. The first-order valence-corrected chi connectivity index (χ1v) is 6.19. The first kappa shape index (κ1) is 14.9. The predicted octanol–water partition coefficient (Wildman–Crippen LogP) is 2.60. The van der Waals surface area contributed by atoms with Gasteiger partial charge < -0.3 is 10.2 Å². The summed E-state index contributed by atoms with van der Waals surface area (Å²) >= 11 is 0. The third-order valence-electron chi connectivity index (χ3n) is 3.19. The van der Waals surface area contributed by atoms with Crippen LogP contribution >= 0.6 is 0 Å². The van der Waals surface area contributed by atoms with Crippen molar-refractivity contribution in [3.05, 3.63) is 0 Å². The van der Waals surface area contributed by atoms with E-state index in [4.69, 9.17) is 0 Å². The van der Waals surface area contributed by atoms with E-state index in [-0.39, 0.29) is 0 Å². The number of nitrogens with zero attached hydrogens (tertiary/aromatic N) is 1. The highest BCUT2D eigenvalue weighted by molar-refractivity contribution is 4.70. The van der Waals surface area contributed by atoms with Crippen LogP contribution in [-0.4, -0.2) is 38.6 Å². The minimum Gasteiger partial charge on any atom is -0.317 e. The molecule has 2 nitrogen and oxygen atoms in total. The smallest absolute Gasteiger partial charge is 0.00127 e. The fourth-order valence-electron chi connectivity index (χ4n) is 1.40. The van der Waals surface area contributed by atoms with Gasteiger partial charge in [0.2, 0.25) is 0 Å². The molecule has 0 fully saturated rings. The van der Waals surface area contributed by atoms with Gasteiger partial charge in [0.05, 0.1) is 0 Å². The lowest BCUT2D eigenvalue weighted by Gasteiger charge is -2.27. The van der Waals surface area contributed by atoms with Gasteiger partial charge in [0.1, 0.15) is 0 Å². The number of hydrogen-bond acceptors (Lipinski definition) is 2. The Morgan fingerprint density at radius 1 is 1.13 bits per heavy atom. The van der Waals surface area contributed by atoms with Crippen molar-refractivity contribution in [2.24, 2.45) is 11.3 Å². The summed E-state index contributed by atoms with van der Waals surface area (Å²) in [6.07, 6.45) is 2.53. The summed E-state index contributed by atoms with van der Waals surface area (Å²) in [6, 6.07) is 0. The summed E-state index contributed by atoms with van der Waals surface area (Å²) in [5.41, 5.74) is 0.450. The van der Waals surface area contributed by atoms with Gasteiger partial charge >= 0.3 is 0 Å². The Hall–Kier alpha value is -0.0800. The van der Waals surface area contributed by atoms with Crippen LogP contribution in [-0.2, 0) is 0 Å². The highest BCUT2D eigenvalue weighted by Crippen LogP contribution is 2.27. The van der Waals surface area contributed by atoms with Gasteiger partial charge in [0.15, 0.2) is 0 Å². The van der Waals surface area contributed by atoms with Crippen molar-refractivity contribution in [3.8, 4) is 0 Å². The summed E-state index contributed by atoms with van der Waals surface area (Å²) in [6.45, 7) is 12.8. The van der Waals surface area contributed by atoms with Crippen molar-refractivity contribution < 1.29 is 0 Å². The molecule has 0 aromatic heterocycles. The molecule has 0 aromatic carbocycles. The molecule has 1 atom stereocenters. The number of hydrogen-bond donors (Lipinski definition) is 1. The molecule has 0 heterocycles. The maximum absolute atomic E-state index is 3.52. The molecule has 92 valence electrons. The van der Waals surface area contributed by atoms with E-state index in [0.717, 1.165) is 19.0 Å². The van der Waals surface area contributed by atoms with E-state index in [0.29, 0.717) is 5.41 Å². The van der Waals surface area contributed by atoms with Crippen LogP contribution in [0.15, 0.2) is 0 Å². The molecular formula is C13H30N2. The molecule has 1 unspecified atom stereocenters. The molecule has 0 aliphatic carbocycles. The maximum atomic E-state index is 3.52. The molecule has 0 amide bonds. The van der Waals surface area contributed by atoms with Crippen molar-refractivity contribution in [3.63, 3.8) is 0 Å². The molecule has 0 saturated heterocycles. The summed E-state index contributed by atoms with van der Waals surface area (Å²) < 4.78 is 0. The van der Waals surface area contributed by atoms with Crippen LogP contribution in [0.4, 0.5) is 0 Å². The van der Waals surface area contributed by atoms with Crippen LogP contribution in [0.25, 0.3) is 0 Å². The topological polar surface area (TPSA) is 15.3 Å². The quantitative estimate of drug-likeness (QED) is 0.655. The van der Waals surface area contributed by atoms with Crippen LogP contribution in [0, 0.1) is 11.3 Å². The van der Waals surface area contributed by atoms with Gasteiger partial charge in [0.25, 0.3) is 0 Å². The van der Waals surface area contributed by atoms with Crippen LogP contribution in [0.2, 0.25) is 0 Å². The molecule has 0 saturated carbocycles. The Kier molecular flexibility index (Phi) is 7.20. The zero-order chi connectivity index (χ0) is 11.9. The van der Waals surface area contributed by atoms with Crippen molar-refractivity contribution in [1.29, 1.82) is 0 Å². The SMILES string of the molecule is CC(CCNCCCN(C)C)C(C)(C)C. The average Bonchev–Trinajstić information content (AvgIpc) is 2.08. The first-order valence-electron chi connectivity index (χ1n) is 6.19. The average molecular weight is 214 g/mol. The van der Waals surface area contributed by atoms with E-state index in [1.165, 1.54) is 19.4 Å². The molecular weight excluding hydrogens is 184 g/mol. The van der Waals surface area contributed by atoms with Gasteiger partial charge in [-0.15, -0.1) is 0 Å². The second-order valence-corrected chi connectivity index (χ2v) is 5.96. The molecule has 0 radical (unpaired) electrons. The highest BCUT2D eigenvalue weighted by Gasteiger charge is 2.18. The van der Waals surface area contributed by atoms with Gasteiger partial charge in [-0.1, -0.05) is 27.7 Å². The van der Waals surface area contributed by atoms with Gasteiger partial charge in [0, 0.05) is 0 Å². The van der Waals surface area contributed by atoms with Crippen LogP contribution < -0.4 is 5.32 Å². The maximum Gasteiger partial charge on any atom is -0.00127 e. The summed E-state index contributed by atoms with van der Waals surface area (Å²) in [5, 5.41) is 3.52. The van der Waals surface area contributed by atoms with Crippen LogP contribution in [0.3, 0.4) is 0 Å². The summed E-state index contributed by atoms with van der Waals surface area (Å²) in [7, 11) is 4.25. The van der Waals surface area contributed by atoms with Crippen molar-refractivity contribution in [1.82, 2.24) is 10.2 Å². The second kappa shape index (κ2) is 7.24. The van der Waals surface area contributed by atoms with Gasteiger partial charge in [-0.25, -0.2) is 0 Å². The molecule has 0 bridgehead atoms. The monoisotopic (exact) mass is 214 g/mol. The number of rotatable bonds is 7.